The van der Waals surface area contributed by atoms with Crippen molar-refractivity contribution in [1.29, 1.82) is 0 Å². The minimum atomic E-state index is -0.662. The molecule has 2 aromatic carbocycles. The highest BCUT2D eigenvalue weighted by Gasteiger charge is 2.72. The molecule has 1 aliphatic heterocycles. The third kappa shape index (κ3) is 4.83. The molecule has 2 aromatic rings. The molecule has 1 heterocycles. The van der Waals surface area contributed by atoms with Crippen molar-refractivity contribution < 1.29 is 29.6 Å². The van der Waals surface area contributed by atoms with E-state index < -0.39 is 17.1 Å². The quantitative estimate of drug-likeness (QED) is 0.193. The number of allylic oxidation sites excluding steroid dienone is 4. The van der Waals surface area contributed by atoms with Crippen molar-refractivity contribution in [3.05, 3.63) is 83.0 Å². The van der Waals surface area contributed by atoms with Crippen LogP contribution < -0.4 is 0 Å². The fourth-order valence-electron chi connectivity index (χ4n) is 15.0. The van der Waals surface area contributed by atoms with Crippen molar-refractivity contribution in [2.75, 3.05) is 0 Å². The zero-order valence-electron chi connectivity index (χ0n) is 33.1. The Hall–Kier alpha value is -3.22. The van der Waals surface area contributed by atoms with E-state index >= 15 is 0 Å². The minimum absolute atomic E-state index is 0.0247. The van der Waals surface area contributed by atoms with E-state index in [1.54, 1.807) is 18.2 Å². The summed E-state index contributed by atoms with van der Waals surface area (Å²) in [4.78, 5) is 29.0. The molecule has 14 atom stereocenters. The lowest BCUT2D eigenvalue weighted by atomic mass is 9.33. The highest BCUT2D eigenvalue weighted by Crippen LogP contribution is 2.77. The summed E-state index contributed by atoms with van der Waals surface area (Å²) in [5, 5.41) is 32.5. The number of hydrogen-bond acceptors (Lipinski definition) is 6. The molecule has 0 aromatic heterocycles. The zero-order chi connectivity index (χ0) is 38.2. The maximum atomic E-state index is 14.6. The van der Waals surface area contributed by atoms with Gasteiger partial charge in [-0.05, 0) is 146 Å². The average Bonchev–Trinajstić information content (AvgIpc) is 3.50. The van der Waals surface area contributed by atoms with Crippen LogP contribution in [0.2, 0.25) is 0 Å². The number of hydrogen-bond donors (Lipinski definition) is 3. The second kappa shape index (κ2) is 12.1. The van der Waals surface area contributed by atoms with Gasteiger partial charge in [-0.1, -0.05) is 83.0 Å². The average molecular weight is 733 g/mol. The van der Waals surface area contributed by atoms with Crippen molar-refractivity contribution >= 4 is 11.6 Å². The number of rotatable bonds is 7. The predicted octanol–water partition coefficient (Wildman–Crippen LogP) is 9.58. The van der Waals surface area contributed by atoms with Crippen LogP contribution in [0.1, 0.15) is 129 Å². The molecule has 54 heavy (non-hydrogen) atoms. The first kappa shape index (κ1) is 36.4. The van der Waals surface area contributed by atoms with Crippen LogP contribution >= 0.6 is 0 Å². The van der Waals surface area contributed by atoms with E-state index in [1.165, 1.54) is 5.57 Å². The summed E-state index contributed by atoms with van der Waals surface area (Å²) in [6.07, 6.45) is 12.5. The normalized spacial score (nSPS) is 44.8. The first-order chi connectivity index (χ1) is 25.6. The molecule has 0 spiro atoms. The van der Waals surface area contributed by atoms with Crippen LogP contribution in [-0.4, -0.2) is 44.7 Å². The van der Waals surface area contributed by atoms with Gasteiger partial charge in [0.1, 0.15) is 23.4 Å². The van der Waals surface area contributed by atoms with Gasteiger partial charge in [-0.3, -0.25) is 9.59 Å². The van der Waals surface area contributed by atoms with Gasteiger partial charge in [-0.2, -0.15) is 0 Å². The Balaban J connectivity index is 0.991. The van der Waals surface area contributed by atoms with Crippen molar-refractivity contribution in [3.8, 4) is 11.5 Å². The number of phenolic OH excluding ortho intramolecular Hbond substituents is 2. The summed E-state index contributed by atoms with van der Waals surface area (Å²) in [6, 6.07) is 15.0. The number of ether oxygens (including phenoxy) is 1. The van der Waals surface area contributed by atoms with Crippen molar-refractivity contribution in [2.45, 2.75) is 135 Å². The lowest BCUT2D eigenvalue weighted by Crippen LogP contribution is -2.66. The number of ketones is 2. The van der Waals surface area contributed by atoms with E-state index in [0.29, 0.717) is 36.2 Å². The Kier molecular flexibility index (Phi) is 8.19. The van der Waals surface area contributed by atoms with Gasteiger partial charge in [-0.25, -0.2) is 0 Å². The van der Waals surface area contributed by atoms with Crippen LogP contribution in [0.3, 0.4) is 0 Å². The third-order valence-electron chi connectivity index (χ3n) is 17.7. The van der Waals surface area contributed by atoms with E-state index in [2.05, 4.69) is 59.8 Å². The molecule has 4 saturated carbocycles. The van der Waals surface area contributed by atoms with Crippen LogP contribution in [0.25, 0.3) is 0 Å². The Morgan fingerprint density at radius 3 is 2.31 bits per heavy atom. The SMILES string of the molecule is C[C@H](C[C@@H](O)[C@H]1O[C@]1(C)[C@@H]1CCC[C@H]1c1cccc(O)c1)C1=C2CC[C@@H]3[C@@]4(C)[C@@H](CC[C@]3(C)[C@@]2(C)CC1=O)[C@]1(C)CC=C[C@H]4[C@@H](c2cccc(O)c2)C1=O. The van der Waals surface area contributed by atoms with Crippen LogP contribution in [0, 0.1) is 51.2 Å². The van der Waals surface area contributed by atoms with E-state index in [9.17, 15) is 24.9 Å². The lowest BCUT2D eigenvalue weighted by molar-refractivity contribution is -0.196. The Morgan fingerprint density at radius 2 is 1.59 bits per heavy atom. The summed E-state index contributed by atoms with van der Waals surface area (Å²) < 4.78 is 6.44. The van der Waals surface area contributed by atoms with Crippen molar-refractivity contribution in [1.82, 2.24) is 0 Å². The molecule has 0 unspecified atom stereocenters. The van der Waals surface area contributed by atoms with Crippen molar-refractivity contribution in [3.63, 3.8) is 0 Å². The summed E-state index contributed by atoms with van der Waals surface area (Å²) in [7, 11) is 0. The molecule has 6 nitrogen and oxygen atoms in total. The molecular formula is C48H60O6. The van der Waals surface area contributed by atoms with Crippen molar-refractivity contribution in [2.24, 2.45) is 51.2 Å². The predicted molar refractivity (Wildman–Crippen MR) is 209 cm³/mol. The molecule has 8 aliphatic rings. The highest BCUT2D eigenvalue weighted by molar-refractivity contribution is 6.00. The number of aliphatic hydroxyl groups is 1. The molecule has 2 bridgehead atoms. The molecule has 6 heteroatoms. The monoisotopic (exact) mass is 732 g/mol. The van der Waals surface area contributed by atoms with Gasteiger partial charge in [0.2, 0.25) is 0 Å². The maximum Gasteiger partial charge on any atom is 0.159 e. The molecule has 10 rings (SSSR count). The number of carbonyl (C=O) groups is 2. The number of carbonyl (C=O) groups excluding carboxylic acids is 2. The van der Waals surface area contributed by atoms with Gasteiger partial charge in [0.25, 0.3) is 0 Å². The van der Waals surface area contributed by atoms with Gasteiger partial charge in [0.05, 0.1) is 17.6 Å². The topological polar surface area (TPSA) is 107 Å². The number of Topliss-reactive ketones (excluding diaryl/α,β-unsaturated/α-hetero) is 2. The molecule has 0 radical (unpaired) electrons. The lowest BCUT2D eigenvalue weighted by Gasteiger charge is -2.70. The molecule has 5 fully saturated rings. The first-order valence-corrected chi connectivity index (χ1v) is 21.0. The molecule has 3 N–H and O–H groups in total. The van der Waals surface area contributed by atoms with Crippen LogP contribution in [0.15, 0.2) is 71.8 Å². The Bertz CT molecular complexity index is 1960. The van der Waals surface area contributed by atoms with Crippen LogP contribution in [-0.2, 0) is 14.3 Å². The standard InChI is InChI=1S/C48H60O6/c1-27(23-36(51)43-48(6,54-43)33-16-9-15-32(33)28-11-7-13-30(49)24-28)40-34-18-19-39-45(3,46(34,4)26-37(40)52)22-20-38-44(2)21-10-17-35(47(38,39)5)41(42(44)53)29-12-8-14-31(50)25-29/h7-8,10-14,17,24-25,27,32-33,35-36,38-39,41,43,49-51H,9,15-16,18-23,26H2,1-6H3/t27-,32+,33-,35+,36-,38+,39+,41-,43-,44+,45+,46+,47-,48-/m1/s1. The zero-order valence-corrected chi connectivity index (χ0v) is 33.1. The molecular weight excluding hydrogens is 673 g/mol. The van der Waals surface area contributed by atoms with Crippen LogP contribution in [0.5, 0.6) is 11.5 Å². The number of phenols is 2. The summed E-state index contributed by atoms with van der Waals surface area (Å²) >= 11 is 0. The first-order valence-electron chi connectivity index (χ1n) is 21.0. The summed E-state index contributed by atoms with van der Waals surface area (Å²) in [6.45, 7) is 13.9. The number of aromatic hydroxyl groups is 2. The third-order valence-corrected chi connectivity index (χ3v) is 17.7. The summed E-state index contributed by atoms with van der Waals surface area (Å²) in [5.74, 6) is 1.87. The molecule has 0 amide bonds. The number of fused-ring (bicyclic) bond motifs is 5. The van der Waals surface area contributed by atoms with E-state index in [4.69, 9.17) is 4.74 Å². The number of epoxide rings is 1. The molecule has 7 aliphatic carbocycles. The Labute approximate surface area is 321 Å². The maximum absolute atomic E-state index is 14.6. The largest absolute Gasteiger partial charge is 0.508 e. The second-order valence-electron chi connectivity index (χ2n) is 20.0. The molecule has 1 saturated heterocycles. The van der Waals surface area contributed by atoms with E-state index in [-0.39, 0.29) is 63.5 Å². The van der Waals surface area contributed by atoms with Gasteiger partial charge >= 0.3 is 0 Å². The van der Waals surface area contributed by atoms with Gasteiger partial charge in [-0.15, -0.1) is 0 Å². The summed E-state index contributed by atoms with van der Waals surface area (Å²) in [5.41, 5.74) is 2.91. The smallest absolute Gasteiger partial charge is 0.159 e. The highest BCUT2D eigenvalue weighted by atomic mass is 16.6. The fourth-order valence-corrected chi connectivity index (χ4v) is 15.0. The van der Waals surface area contributed by atoms with Gasteiger partial charge in [0.15, 0.2) is 5.78 Å². The van der Waals surface area contributed by atoms with Gasteiger partial charge < -0.3 is 20.1 Å². The molecule has 288 valence electrons. The Morgan fingerprint density at radius 1 is 0.889 bits per heavy atom. The number of aliphatic hydroxyl groups excluding tert-OH is 1. The number of benzene rings is 2. The van der Waals surface area contributed by atoms with E-state index in [0.717, 1.165) is 68.1 Å². The fraction of sp³-hybridized carbons (Fsp3) is 0.625. The van der Waals surface area contributed by atoms with Crippen LogP contribution in [0.4, 0.5) is 0 Å². The van der Waals surface area contributed by atoms with E-state index in [1.807, 2.05) is 24.3 Å². The second-order valence-corrected chi connectivity index (χ2v) is 20.0. The van der Waals surface area contributed by atoms with Gasteiger partial charge in [0, 0.05) is 17.3 Å². The minimum Gasteiger partial charge on any atom is -0.508 e.